The molecule has 0 saturated carbocycles. The maximum atomic E-state index is 12.3. The van der Waals surface area contributed by atoms with E-state index in [-0.39, 0.29) is 5.91 Å². The number of hydrogen-bond donors (Lipinski definition) is 1. The Morgan fingerprint density at radius 1 is 1.16 bits per heavy atom. The maximum Gasteiger partial charge on any atom is 0.251 e. The number of hydrogen-bond acceptors (Lipinski definition) is 3. The molecule has 1 heterocycles. The number of benzene rings is 2. The zero-order valence-electron chi connectivity index (χ0n) is 14.7. The van der Waals surface area contributed by atoms with Crippen molar-refractivity contribution in [2.75, 3.05) is 13.2 Å². The standard InChI is InChI=1S/C20H23N3O2/c1-3-25-13-12-23-18-7-5-4-6-17(18)22-19(23)14-21-20(24)16-10-8-15(2)9-11-16/h4-11H,3,12-14H2,1-2H3,(H,21,24). The minimum absolute atomic E-state index is 0.0941. The Hall–Kier alpha value is -2.66. The molecule has 0 spiro atoms. The predicted molar refractivity (Wildman–Crippen MR) is 98.6 cm³/mol. The molecule has 25 heavy (non-hydrogen) atoms. The Labute approximate surface area is 147 Å². The van der Waals surface area contributed by atoms with Crippen molar-refractivity contribution in [3.05, 3.63) is 65.5 Å². The summed E-state index contributed by atoms with van der Waals surface area (Å²) in [5.41, 5.74) is 3.78. The molecule has 1 N–H and O–H groups in total. The van der Waals surface area contributed by atoms with Gasteiger partial charge in [0.2, 0.25) is 0 Å². The Balaban J connectivity index is 1.76. The van der Waals surface area contributed by atoms with Gasteiger partial charge in [0.25, 0.3) is 5.91 Å². The van der Waals surface area contributed by atoms with E-state index in [1.165, 1.54) is 0 Å². The van der Waals surface area contributed by atoms with Crippen LogP contribution in [-0.4, -0.2) is 28.7 Å². The van der Waals surface area contributed by atoms with E-state index in [0.29, 0.717) is 31.9 Å². The van der Waals surface area contributed by atoms with E-state index >= 15 is 0 Å². The average Bonchev–Trinajstić information content (AvgIpc) is 2.98. The summed E-state index contributed by atoms with van der Waals surface area (Å²) in [4.78, 5) is 17.0. The van der Waals surface area contributed by atoms with Gasteiger partial charge in [0.05, 0.1) is 24.2 Å². The van der Waals surface area contributed by atoms with Crippen molar-refractivity contribution in [2.24, 2.45) is 0 Å². The summed E-state index contributed by atoms with van der Waals surface area (Å²) in [6, 6.07) is 15.5. The van der Waals surface area contributed by atoms with Gasteiger partial charge >= 0.3 is 0 Å². The second-order valence-corrected chi connectivity index (χ2v) is 5.91. The zero-order chi connectivity index (χ0) is 17.6. The highest BCUT2D eigenvalue weighted by atomic mass is 16.5. The van der Waals surface area contributed by atoms with Crippen LogP contribution in [0.15, 0.2) is 48.5 Å². The molecule has 0 atom stereocenters. The number of para-hydroxylation sites is 2. The summed E-state index contributed by atoms with van der Waals surface area (Å²) in [5.74, 6) is 0.741. The summed E-state index contributed by atoms with van der Waals surface area (Å²) < 4.78 is 7.59. The summed E-state index contributed by atoms with van der Waals surface area (Å²) >= 11 is 0. The largest absolute Gasteiger partial charge is 0.380 e. The molecule has 130 valence electrons. The fraction of sp³-hybridized carbons (Fsp3) is 0.300. The van der Waals surface area contributed by atoms with Crippen molar-refractivity contribution in [3.63, 3.8) is 0 Å². The number of imidazole rings is 1. The summed E-state index contributed by atoms with van der Waals surface area (Å²) in [6.07, 6.45) is 0. The Morgan fingerprint density at radius 2 is 1.92 bits per heavy atom. The molecule has 5 nitrogen and oxygen atoms in total. The fourth-order valence-electron chi connectivity index (χ4n) is 2.78. The van der Waals surface area contributed by atoms with Crippen LogP contribution in [0.3, 0.4) is 0 Å². The third-order valence-electron chi connectivity index (χ3n) is 4.12. The zero-order valence-corrected chi connectivity index (χ0v) is 14.7. The molecule has 0 bridgehead atoms. The summed E-state index contributed by atoms with van der Waals surface area (Å²) in [5, 5.41) is 2.96. The van der Waals surface area contributed by atoms with Gasteiger partial charge < -0.3 is 14.6 Å². The minimum atomic E-state index is -0.0941. The normalized spacial score (nSPS) is 11.0. The number of carbonyl (C=O) groups excluding carboxylic acids is 1. The number of nitrogens with zero attached hydrogens (tertiary/aromatic N) is 2. The smallest absolute Gasteiger partial charge is 0.251 e. The molecule has 0 saturated heterocycles. The number of aromatic nitrogens is 2. The second-order valence-electron chi connectivity index (χ2n) is 5.91. The maximum absolute atomic E-state index is 12.3. The highest BCUT2D eigenvalue weighted by Gasteiger charge is 2.12. The van der Waals surface area contributed by atoms with Crippen LogP contribution >= 0.6 is 0 Å². The van der Waals surface area contributed by atoms with Gasteiger partial charge in [0, 0.05) is 18.7 Å². The highest BCUT2D eigenvalue weighted by molar-refractivity contribution is 5.94. The molecule has 0 fully saturated rings. The van der Waals surface area contributed by atoms with Crippen molar-refractivity contribution in [3.8, 4) is 0 Å². The molecule has 0 radical (unpaired) electrons. The molecule has 5 heteroatoms. The summed E-state index contributed by atoms with van der Waals surface area (Å²) in [6.45, 7) is 6.39. The molecule has 3 aromatic rings. The molecule has 1 amide bonds. The van der Waals surface area contributed by atoms with Crippen molar-refractivity contribution in [2.45, 2.75) is 26.9 Å². The van der Waals surface area contributed by atoms with Crippen LogP contribution < -0.4 is 5.32 Å². The second kappa shape index (κ2) is 7.94. The van der Waals surface area contributed by atoms with Crippen LogP contribution in [0, 0.1) is 6.92 Å². The molecule has 0 aliphatic heterocycles. The number of carbonyl (C=O) groups is 1. The van der Waals surface area contributed by atoms with Gasteiger partial charge in [-0.15, -0.1) is 0 Å². The average molecular weight is 337 g/mol. The van der Waals surface area contributed by atoms with Crippen LogP contribution in [0.2, 0.25) is 0 Å². The van der Waals surface area contributed by atoms with Crippen LogP contribution in [0.4, 0.5) is 0 Å². The molecule has 0 unspecified atom stereocenters. The molecule has 3 rings (SSSR count). The first-order valence-electron chi connectivity index (χ1n) is 8.56. The Morgan fingerprint density at radius 3 is 2.68 bits per heavy atom. The van der Waals surface area contributed by atoms with Crippen LogP contribution in [-0.2, 0) is 17.8 Å². The van der Waals surface area contributed by atoms with Crippen molar-refractivity contribution < 1.29 is 9.53 Å². The number of aryl methyl sites for hydroxylation is 1. The lowest BCUT2D eigenvalue weighted by atomic mass is 10.1. The third-order valence-corrected chi connectivity index (χ3v) is 4.12. The first-order chi connectivity index (χ1) is 12.2. The number of rotatable bonds is 7. The van der Waals surface area contributed by atoms with Gasteiger partial charge in [0.15, 0.2) is 0 Å². The lowest BCUT2D eigenvalue weighted by Gasteiger charge is -2.10. The van der Waals surface area contributed by atoms with E-state index in [1.54, 1.807) is 0 Å². The quantitative estimate of drug-likeness (QED) is 0.673. The van der Waals surface area contributed by atoms with E-state index < -0.39 is 0 Å². The van der Waals surface area contributed by atoms with Crippen LogP contribution in [0.5, 0.6) is 0 Å². The molecule has 0 aliphatic rings. The minimum Gasteiger partial charge on any atom is -0.380 e. The van der Waals surface area contributed by atoms with Gasteiger partial charge in [-0.3, -0.25) is 4.79 Å². The molecular weight excluding hydrogens is 314 g/mol. The van der Waals surface area contributed by atoms with E-state index in [0.717, 1.165) is 22.4 Å². The topological polar surface area (TPSA) is 56.1 Å². The van der Waals surface area contributed by atoms with Crippen molar-refractivity contribution >= 4 is 16.9 Å². The van der Waals surface area contributed by atoms with Crippen LogP contribution in [0.1, 0.15) is 28.7 Å². The van der Waals surface area contributed by atoms with Crippen molar-refractivity contribution in [1.82, 2.24) is 14.9 Å². The van der Waals surface area contributed by atoms with E-state index in [9.17, 15) is 4.79 Å². The van der Waals surface area contributed by atoms with Gasteiger partial charge in [-0.1, -0.05) is 29.8 Å². The number of fused-ring (bicyclic) bond motifs is 1. The first-order valence-corrected chi connectivity index (χ1v) is 8.56. The van der Waals surface area contributed by atoms with Crippen LogP contribution in [0.25, 0.3) is 11.0 Å². The van der Waals surface area contributed by atoms with Crippen molar-refractivity contribution in [1.29, 1.82) is 0 Å². The molecule has 2 aromatic carbocycles. The highest BCUT2D eigenvalue weighted by Crippen LogP contribution is 2.16. The molecule has 1 aromatic heterocycles. The number of amides is 1. The predicted octanol–water partition coefficient (Wildman–Crippen LogP) is 3.31. The third kappa shape index (κ3) is 4.06. The molecule has 0 aliphatic carbocycles. The molecular formula is C20H23N3O2. The number of ether oxygens (including phenoxy) is 1. The Kier molecular flexibility index (Phi) is 5.46. The summed E-state index contributed by atoms with van der Waals surface area (Å²) in [7, 11) is 0. The van der Waals surface area contributed by atoms with Gasteiger partial charge in [-0.2, -0.15) is 0 Å². The lowest BCUT2D eigenvalue weighted by molar-refractivity contribution is 0.0949. The SMILES string of the molecule is CCOCCn1c(CNC(=O)c2ccc(C)cc2)nc2ccccc21. The first kappa shape index (κ1) is 17.2. The van der Waals surface area contributed by atoms with Gasteiger partial charge in [0.1, 0.15) is 5.82 Å². The number of nitrogens with one attached hydrogen (secondary N) is 1. The van der Waals surface area contributed by atoms with E-state index in [2.05, 4.69) is 14.9 Å². The Bertz CT molecular complexity index is 853. The van der Waals surface area contributed by atoms with Gasteiger partial charge in [-0.05, 0) is 38.1 Å². The lowest BCUT2D eigenvalue weighted by Crippen LogP contribution is -2.25. The van der Waals surface area contributed by atoms with E-state index in [4.69, 9.17) is 4.74 Å². The fourth-order valence-corrected chi connectivity index (χ4v) is 2.78. The monoisotopic (exact) mass is 337 g/mol. The van der Waals surface area contributed by atoms with E-state index in [1.807, 2.05) is 62.4 Å². The van der Waals surface area contributed by atoms with Gasteiger partial charge in [-0.25, -0.2) is 4.98 Å².